The summed E-state index contributed by atoms with van der Waals surface area (Å²) in [5, 5.41) is 0. The Bertz CT molecular complexity index is 593. The number of nitrogens with zero attached hydrogens (tertiary/aromatic N) is 1. The van der Waals surface area contributed by atoms with Crippen LogP contribution in [0.5, 0.6) is 11.5 Å². The Morgan fingerprint density at radius 2 is 2.05 bits per heavy atom. The van der Waals surface area contributed by atoms with Gasteiger partial charge >= 0.3 is 0 Å². The number of carbonyl (C=O) groups excluding carboxylic acids is 1. The zero-order valence-electron chi connectivity index (χ0n) is 10.6. The summed E-state index contributed by atoms with van der Waals surface area (Å²) in [6, 6.07) is 5.87. The number of fused-ring (bicyclic) bond motifs is 2. The molecule has 3 aliphatic rings. The van der Waals surface area contributed by atoms with Crippen molar-refractivity contribution in [2.45, 2.75) is 31.1 Å². The molecule has 2 heterocycles. The van der Waals surface area contributed by atoms with E-state index in [1.165, 1.54) is 0 Å². The van der Waals surface area contributed by atoms with Gasteiger partial charge < -0.3 is 9.47 Å². The predicted molar refractivity (Wildman–Crippen MR) is 70.0 cm³/mol. The first kappa shape index (κ1) is 11.0. The first-order chi connectivity index (χ1) is 9.30. The number of carbonyl (C=O) groups is 1. The number of benzene rings is 1. The maximum absolute atomic E-state index is 12.5. The van der Waals surface area contributed by atoms with E-state index < -0.39 is 5.41 Å². The normalized spacial score (nSPS) is 28.2. The molecule has 0 N–H and O–H groups in total. The van der Waals surface area contributed by atoms with Gasteiger partial charge in [-0.2, -0.15) is 0 Å². The Morgan fingerprint density at radius 3 is 3.00 bits per heavy atom. The third-order valence-corrected chi connectivity index (χ3v) is 4.44. The Hall–Kier alpha value is -1.84. The van der Waals surface area contributed by atoms with Crippen molar-refractivity contribution < 1.29 is 14.3 Å². The number of aliphatic imine (C=N–C) groups is 1. The molecule has 1 aromatic carbocycles. The number of Topliss-reactive ketones (excluding diaryl/α,β-unsaturated/α-hetero) is 1. The van der Waals surface area contributed by atoms with Gasteiger partial charge in [-0.25, -0.2) is 0 Å². The zero-order valence-corrected chi connectivity index (χ0v) is 10.6. The van der Waals surface area contributed by atoms with Crippen LogP contribution >= 0.6 is 0 Å². The number of ketones is 1. The van der Waals surface area contributed by atoms with Crippen molar-refractivity contribution in [3.63, 3.8) is 0 Å². The number of hydrogen-bond donors (Lipinski definition) is 0. The SMILES string of the molecule is O=C1CCCC2=NCCC12c1ccc2c(c1)OCO2. The second-order valence-corrected chi connectivity index (χ2v) is 5.33. The summed E-state index contributed by atoms with van der Waals surface area (Å²) >= 11 is 0. The Morgan fingerprint density at radius 1 is 1.16 bits per heavy atom. The monoisotopic (exact) mass is 257 g/mol. The summed E-state index contributed by atoms with van der Waals surface area (Å²) in [5.41, 5.74) is 1.62. The standard InChI is InChI=1S/C15H15NO3/c17-14-3-1-2-13-15(14,6-7-16-13)10-4-5-11-12(8-10)19-9-18-11/h4-5,8H,1-3,6-7,9H2. The highest BCUT2D eigenvalue weighted by atomic mass is 16.7. The second kappa shape index (κ2) is 3.83. The van der Waals surface area contributed by atoms with Gasteiger partial charge in [0.25, 0.3) is 0 Å². The van der Waals surface area contributed by atoms with E-state index in [9.17, 15) is 4.79 Å². The summed E-state index contributed by atoms with van der Waals surface area (Å²) in [7, 11) is 0. The van der Waals surface area contributed by atoms with Crippen LogP contribution in [0.3, 0.4) is 0 Å². The molecule has 1 fully saturated rings. The largest absolute Gasteiger partial charge is 0.454 e. The summed E-state index contributed by atoms with van der Waals surface area (Å²) in [6.07, 6.45) is 3.35. The molecule has 1 saturated carbocycles. The fourth-order valence-electron chi connectivity index (χ4n) is 3.49. The molecular formula is C15H15NO3. The Kier molecular flexibility index (Phi) is 2.22. The molecule has 1 atom stereocenters. The van der Waals surface area contributed by atoms with Crippen LogP contribution < -0.4 is 9.47 Å². The molecule has 0 bridgehead atoms. The molecular weight excluding hydrogens is 242 g/mol. The fraction of sp³-hybridized carbons (Fsp3) is 0.467. The minimum atomic E-state index is -0.473. The number of hydrogen-bond acceptors (Lipinski definition) is 4. The molecule has 4 heteroatoms. The molecule has 1 unspecified atom stereocenters. The average Bonchev–Trinajstić information content (AvgIpc) is 3.05. The lowest BCUT2D eigenvalue weighted by atomic mass is 9.66. The van der Waals surface area contributed by atoms with E-state index in [4.69, 9.17) is 9.47 Å². The van der Waals surface area contributed by atoms with Crippen molar-refractivity contribution in [1.29, 1.82) is 0 Å². The van der Waals surface area contributed by atoms with E-state index >= 15 is 0 Å². The second-order valence-electron chi connectivity index (χ2n) is 5.33. The van der Waals surface area contributed by atoms with Crippen LogP contribution in [0.2, 0.25) is 0 Å². The summed E-state index contributed by atoms with van der Waals surface area (Å²) in [6.45, 7) is 1.02. The molecule has 4 nitrogen and oxygen atoms in total. The molecule has 0 saturated heterocycles. The maximum Gasteiger partial charge on any atom is 0.231 e. The van der Waals surface area contributed by atoms with Crippen LogP contribution in [0, 0.1) is 0 Å². The molecule has 19 heavy (non-hydrogen) atoms. The Labute approximate surface area is 111 Å². The van der Waals surface area contributed by atoms with E-state index in [1.54, 1.807) is 0 Å². The highest BCUT2D eigenvalue weighted by molar-refractivity contribution is 6.17. The molecule has 1 aliphatic carbocycles. The van der Waals surface area contributed by atoms with E-state index in [0.29, 0.717) is 12.2 Å². The van der Waals surface area contributed by atoms with E-state index in [0.717, 1.165) is 48.6 Å². The highest BCUT2D eigenvalue weighted by Crippen LogP contribution is 2.44. The van der Waals surface area contributed by atoms with Crippen LogP contribution in [0.4, 0.5) is 0 Å². The molecule has 1 aromatic rings. The van der Waals surface area contributed by atoms with Crippen molar-refractivity contribution in [3.05, 3.63) is 23.8 Å². The lowest BCUT2D eigenvalue weighted by Crippen LogP contribution is -2.44. The lowest BCUT2D eigenvalue weighted by molar-refractivity contribution is -0.123. The van der Waals surface area contributed by atoms with Crippen molar-refractivity contribution in [3.8, 4) is 11.5 Å². The average molecular weight is 257 g/mol. The van der Waals surface area contributed by atoms with Gasteiger partial charge in [0.1, 0.15) is 5.78 Å². The third kappa shape index (κ3) is 1.40. The number of rotatable bonds is 1. The van der Waals surface area contributed by atoms with Gasteiger partial charge in [0.05, 0.1) is 5.41 Å². The summed E-state index contributed by atoms with van der Waals surface area (Å²) in [5.74, 6) is 1.82. The molecule has 0 radical (unpaired) electrons. The minimum Gasteiger partial charge on any atom is -0.454 e. The van der Waals surface area contributed by atoms with Crippen molar-refractivity contribution >= 4 is 11.5 Å². The van der Waals surface area contributed by atoms with E-state index in [-0.39, 0.29) is 6.79 Å². The van der Waals surface area contributed by atoms with Crippen LogP contribution in [-0.2, 0) is 10.2 Å². The molecule has 0 amide bonds. The molecule has 0 spiro atoms. The van der Waals surface area contributed by atoms with Crippen molar-refractivity contribution in [2.75, 3.05) is 13.3 Å². The van der Waals surface area contributed by atoms with Gasteiger partial charge in [0.15, 0.2) is 11.5 Å². The van der Waals surface area contributed by atoms with Gasteiger partial charge in [0, 0.05) is 18.7 Å². The van der Waals surface area contributed by atoms with Crippen LogP contribution in [0.15, 0.2) is 23.2 Å². The minimum absolute atomic E-state index is 0.265. The topological polar surface area (TPSA) is 47.9 Å². The smallest absolute Gasteiger partial charge is 0.231 e. The molecule has 4 rings (SSSR count). The van der Waals surface area contributed by atoms with Gasteiger partial charge in [-0.05, 0) is 37.0 Å². The zero-order chi connectivity index (χ0) is 12.9. The van der Waals surface area contributed by atoms with Crippen LogP contribution in [0.25, 0.3) is 0 Å². The first-order valence-corrected chi connectivity index (χ1v) is 6.78. The van der Waals surface area contributed by atoms with Gasteiger partial charge in [-0.1, -0.05) is 6.07 Å². The summed E-state index contributed by atoms with van der Waals surface area (Å²) in [4.78, 5) is 17.1. The predicted octanol–water partition coefficient (Wildman–Crippen LogP) is 2.25. The van der Waals surface area contributed by atoms with Crippen LogP contribution in [-0.4, -0.2) is 24.8 Å². The maximum atomic E-state index is 12.5. The third-order valence-electron chi connectivity index (χ3n) is 4.44. The van der Waals surface area contributed by atoms with E-state index in [2.05, 4.69) is 4.99 Å². The van der Waals surface area contributed by atoms with Gasteiger partial charge in [0.2, 0.25) is 6.79 Å². The fourth-order valence-corrected chi connectivity index (χ4v) is 3.49. The molecule has 2 aliphatic heterocycles. The van der Waals surface area contributed by atoms with Crippen molar-refractivity contribution in [1.82, 2.24) is 0 Å². The highest BCUT2D eigenvalue weighted by Gasteiger charge is 2.48. The Balaban J connectivity index is 1.85. The first-order valence-electron chi connectivity index (χ1n) is 6.78. The van der Waals surface area contributed by atoms with Crippen molar-refractivity contribution in [2.24, 2.45) is 4.99 Å². The quantitative estimate of drug-likeness (QED) is 0.775. The number of ether oxygens (including phenoxy) is 2. The molecule has 0 aromatic heterocycles. The van der Waals surface area contributed by atoms with Gasteiger partial charge in [-0.15, -0.1) is 0 Å². The van der Waals surface area contributed by atoms with Gasteiger partial charge in [-0.3, -0.25) is 9.79 Å². The summed E-state index contributed by atoms with van der Waals surface area (Å²) < 4.78 is 10.8. The molecule has 98 valence electrons. The van der Waals surface area contributed by atoms with E-state index in [1.807, 2.05) is 18.2 Å². The van der Waals surface area contributed by atoms with Crippen LogP contribution in [0.1, 0.15) is 31.2 Å². The lowest BCUT2D eigenvalue weighted by Gasteiger charge is -2.33.